The Labute approximate surface area is 270 Å². The first-order valence-corrected chi connectivity index (χ1v) is 17.4. The van der Waals surface area contributed by atoms with Crippen LogP contribution in [0.15, 0.2) is 72.8 Å². The van der Waals surface area contributed by atoms with Gasteiger partial charge in [0, 0.05) is 22.7 Å². The molecule has 0 saturated heterocycles. The Morgan fingerprint density at radius 3 is 2.26 bits per heavy atom. The Morgan fingerprint density at radius 1 is 0.745 bits per heavy atom. The van der Waals surface area contributed by atoms with Crippen molar-refractivity contribution in [2.75, 3.05) is 7.11 Å². The predicted octanol–water partition coefficient (Wildman–Crippen LogP) is 10.1. The minimum absolute atomic E-state index is 0.101. The standard InChI is InChI=1S/C45H28O2/c1-47-29(46)8-5-12-43(28-6-3-2-4-7-28)20-45-41-23-11-13-44(43,45)19-27-18-25-15-22-10-9-21-14-24-17-26(16-23)33-32(24)36-30(21)31(22)37-34(25)35(27)42(45)40(38(36)37)39(33)41/h2-4,6-7,9-11,13-16,19H,5,8,12,17-18,20H2,1H3. The van der Waals surface area contributed by atoms with Crippen LogP contribution in [0, 0.1) is 5.41 Å². The van der Waals surface area contributed by atoms with Crippen molar-refractivity contribution in [3.8, 4) is 0 Å². The molecule has 8 aromatic carbocycles. The first-order chi connectivity index (χ1) is 23.1. The molecule has 0 heterocycles. The van der Waals surface area contributed by atoms with Crippen LogP contribution in [0.4, 0.5) is 0 Å². The van der Waals surface area contributed by atoms with Crippen molar-refractivity contribution < 1.29 is 9.53 Å². The zero-order valence-corrected chi connectivity index (χ0v) is 26.1. The van der Waals surface area contributed by atoms with Gasteiger partial charge >= 0.3 is 5.97 Å². The average Bonchev–Trinajstić information content (AvgIpc) is 3.82. The first kappa shape index (κ1) is 23.4. The third-order valence-corrected chi connectivity index (χ3v) is 14.5. The molecule has 1 saturated carbocycles. The molecular weight excluding hydrogens is 572 g/mol. The lowest BCUT2D eigenvalue weighted by molar-refractivity contribution is -0.141. The van der Waals surface area contributed by atoms with Crippen LogP contribution in [0.25, 0.3) is 76.3 Å². The summed E-state index contributed by atoms with van der Waals surface area (Å²) in [6.07, 6.45) is 13.3. The second kappa shape index (κ2) is 6.71. The number of hydrogen-bond acceptors (Lipinski definition) is 2. The van der Waals surface area contributed by atoms with Gasteiger partial charge in [0.25, 0.3) is 0 Å². The average molecular weight is 601 g/mol. The SMILES string of the molecule is COC(=O)CCCC1(c2ccccc2)CC23c4c5cc6c7c4c4c2c2c8c(cc9ccc%10cc(c7c7c%10c9c8c47)C6)CC2=CC13C=C5. The molecule has 220 valence electrons. The molecule has 0 aliphatic heterocycles. The molecule has 0 aromatic heterocycles. The van der Waals surface area contributed by atoms with Crippen molar-refractivity contribution in [3.63, 3.8) is 0 Å². The number of allylic oxidation sites excluding steroid dienone is 3. The molecule has 6 aliphatic rings. The van der Waals surface area contributed by atoms with E-state index in [0.717, 1.165) is 32.1 Å². The number of hydrogen-bond donors (Lipinski definition) is 0. The number of benzene rings is 7. The van der Waals surface area contributed by atoms with Crippen LogP contribution in [0.1, 0.15) is 70.2 Å². The van der Waals surface area contributed by atoms with E-state index in [0.29, 0.717) is 6.42 Å². The Morgan fingerprint density at radius 2 is 1.45 bits per heavy atom. The van der Waals surface area contributed by atoms with Gasteiger partial charge in [-0.1, -0.05) is 78.9 Å². The molecule has 3 atom stereocenters. The molecule has 2 heteroatoms. The molecule has 2 nitrogen and oxygen atoms in total. The van der Waals surface area contributed by atoms with E-state index < -0.39 is 0 Å². The predicted molar refractivity (Wildman–Crippen MR) is 190 cm³/mol. The number of methoxy groups -OCH3 is 1. The summed E-state index contributed by atoms with van der Waals surface area (Å²) in [4.78, 5) is 12.5. The number of esters is 1. The molecule has 0 bridgehead atoms. The Bertz CT molecular complexity index is 2960. The van der Waals surface area contributed by atoms with Gasteiger partial charge in [0.05, 0.1) is 7.11 Å². The monoisotopic (exact) mass is 600 g/mol. The second-order valence-electron chi connectivity index (χ2n) is 15.8. The molecule has 3 unspecified atom stereocenters. The van der Waals surface area contributed by atoms with E-state index in [4.69, 9.17) is 4.74 Å². The van der Waals surface area contributed by atoms with Gasteiger partial charge in [0.2, 0.25) is 0 Å². The van der Waals surface area contributed by atoms with Crippen LogP contribution in [0.5, 0.6) is 0 Å². The van der Waals surface area contributed by atoms with Crippen LogP contribution < -0.4 is 0 Å². The van der Waals surface area contributed by atoms with Crippen molar-refractivity contribution in [1.29, 1.82) is 0 Å². The summed E-state index contributed by atoms with van der Waals surface area (Å²) in [6, 6.07) is 23.8. The second-order valence-corrected chi connectivity index (χ2v) is 15.8. The Balaban J connectivity index is 1.21. The highest BCUT2D eigenvalue weighted by molar-refractivity contribution is 6.51. The molecule has 0 radical (unpaired) electrons. The highest BCUT2D eigenvalue weighted by Gasteiger charge is 2.77. The summed E-state index contributed by atoms with van der Waals surface area (Å²) >= 11 is 0. The van der Waals surface area contributed by atoms with Gasteiger partial charge < -0.3 is 4.74 Å². The minimum Gasteiger partial charge on any atom is -0.469 e. The number of ether oxygens (including phenoxy) is 1. The van der Waals surface area contributed by atoms with E-state index >= 15 is 0 Å². The van der Waals surface area contributed by atoms with Crippen molar-refractivity contribution >= 4 is 82.3 Å². The van der Waals surface area contributed by atoms with Crippen LogP contribution in [0.2, 0.25) is 0 Å². The molecule has 8 aromatic rings. The topological polar surface area (TPSA) is 26.3 Å². The summed E-state index contributed by atoms with van der Waals surface area (Å²) < 4.78 is 5.14. The Hall–Kier alpha value is -4.95. The summed E-state index contributed by atoms with van der Waals surface area (Å²) in [6.45, 7) is 0. The molecular formula is C45H28O2. The molecule has 1 spiro atoms. The van der Waals surface area contributed by atoms with Crippen LogP contribution >= 0.6 is 0 Å². The maximum absolute atomic E-state index is 12.5. The lowest BCUT2D eigenvalue weighted by Gasteiger charge is -2.72. The van der Waals surface area contributed by atoms with Crippen LogP contribution in [0.3, 0.4) is 0 Å². The van der Waals surface area contributed by atoms with Crippen LogP contribution in [-0.2, 0) is 33.2 Å². The lowest BCUT2D eigenvalue weighted by atomic mass is 9.29. The number of rotatable bonds is 5. The molecule has 47 heavy (non-hydrogen) atoms. The zero-order chi connectivity index (χ0) is 30.3. The van der Waals surface area contributed by atoms with Gasteiger partial charge in [-0.2, -0.15) is 0 Å². The fourth-order valence-corrected chi connectivity index (χ4v) is 13.3. The van der Waals surface area contributed by atoms with Gasteiger partial charge in [-0.25, -0.2) is 0 Å². The third-order valence-electron chi connectivity index (χ3n) is 14.5. The molecule has 14 rings (SSSR count). The smallest absolute Gasteiger partial charge is 0.305 e. The highest BCUT2D eigenvalue weighted by Crippen LogP contribution is 2.83. The summed E-state index contributed by atoms with van der Waals surface area (Å²) in [7, 11) is 1.52. The van der Waals surface area contributed by atoms with Gasteiger partial charge in [-0.05, 0) is 147 Å². The van der Waals surface area contributed by atoms with Crippen molar-refractivity contribution in [2.45, 2.75) is 49.4 Å². The fraction of sp³-hybridized carbons (Fsp3) is 0.222. The summed E-state index contributed by atoms with van der Waals surface area (Å²) in [5.41, 5.74) is 13.4. The first-order valence-electron chi connectivity index (χ1n) is 17.4. The van der Waals surface area contributed by atoms with Gasteiger partial charge in [0.1, 0.15) is 0 Å². The normalized spacial score (nSPS) is 26.4. The van der Waals surface area contributed by atoms with E-state index in [1.165, 1.54) is 62.0 Å². The lowest BCUT2D eigenvalue weighted by Crippen LogP contribution is -2.70. The number of carbonyl (C=O) groups excluding carboxylic acids is 1. The largest absolute Gasteiger partial charge is 0.469 e. The van der Waals surface area contributed by atoms with E-state index in [9.17, 15) is 4.79 Å². The highest BCUT2D eigenvalue weighted by atomic mass is 16.5. The maximum atomic E-state index is 12.5. The third kappa shape index (κ3) is 1.97. The van der Waals surface area contributed by atoms with E-state index in [2.05, 4.69) is 78.9 Å². The quantitative estimate of drug-likeness (QED) is 0.145. The zero-order valence-electron chi connectivity index (χ0n) is 26.1. The molecule has 0 N–H and O–H groups in total. The molecule has 0 amide bonds. The van der Waals surface area contributed by atoms with Gasteiger partial charge in [-0.15, -0.1) is 0 Å². The van der Waals surface area contributed by atoms with Gasteiger partial charge in [-0.3, -0.25) is 4.79 Å². The van der Waals surface area contributed by atoms with Crippen LogP contribution in [-0.4, -0.2) is 13.1 Å². The number of carbonyl (C=O) groups is 1. The maximum Gasteiger partial charge on any atom is 0.305 e. The van der Waals surface area contributed by atoms with Crippen molar-refractivity contribution in [2.24, 2.45) is 5.41 Å². The molecule has 6 aliphatic carbocycles. The summed E-state index contributed by atoms with van der Waals surface area (Å²) in [5.74, 6) is -0.106. The molecule has 1 fully saturated rings. The minimum atomic E-state index is -0.198. The van der Waals surface area contributed by atoms with Crippen molar-refractivity contribution in [3.05, 3.63) is 117 Å². The summed E-state index contributed by atoms with van der Waals surface area (Å²) in [5, 5.41) is 18.4. The fourth-order valence-electron chi connectivity index (χ4n) is 13.3. The van der Waals surface area contributed by atoms with Gasteiger partial charge in [0.15, 0.2) is 0 Å². The van der Waals surface area contributed by atoms with Crippen molar-refractivity contribution in [1.82, 2.24) is 0 Å². The Kier molecular flexibility index (Phi) is 3.34. The van der Waals surface area contributed by atoms with E-state index in [-0.39, 0.29) is 22.2 Å². The van der Waals surface area contributed by atoms with E-state index in [1.54, 1.807) is 59.8 Å². The van der Waals surface area contributed by atoms with E-state index in [1.807, 2.05) is 0 Å².